The molecule has 0 aliphatic rings. The van der Waals surface area contributed by atoms with Gasteiger partial charge in [0.25, 0.3) is 0 Å². The van der Waals surface area contributed by atoms with Crippen molar-refractivity contribution in [2.45, 2.75) is 13.8 Å². The third kappa shape index (κ3) is 1.86. The molecule has 1 nitrogen and oxygen atoms in total. The van der Waals surface area contributed by atoms with Gasteiger partial charge in [-0.15, -0.1) is 0 Å². The van der Waals surface area contributed by atoms with Crippen LogP contribution in [0.4, 0.5) is 0 Å². The maximum Gasteiger partial charge on any atom is 0.0994 e. The summed E-state index contributed by atoms with van der Waals surface area (Å²) >= 11 is 3.37. The van der Waals surface area contributed by atoms with Crippen molar-refractivity contribution in [2.24, 2.45) is 0 Å². The summed E-state index contributed by atoms with van der Waals surface area (Å²) in [6.45, 7) is 4.01. The van der Waals surface area contributed by atoms with E-state index in [0.717, 1.165) is 21.5 Å². The second-order valence-corrected chi connectivity index (χ2v) is 3.72. The molecule has 0 saturated heterocycles. The molecule has 0 aliphatic carbocycles. The number of benzene rings is 1. The Balaban J connectivity index is 3.24. The SMILES string of the molecule is C[C](C)c1cc(Br)ccc1C#N. The van der Waals surface area contributed by atoms with E-state index in [9.17, 15) is 0 Å². The lowest BCUT2D eigenvalue weighted by Crippen LogP contribution is -1.92. The zero-order valence-electron chi connectivity index (χ0n) is 7.06. The first-order valence-corrected chi connectivity index (χ1v) is 4.44. The Hall–Kier alpha value is -0.810. The maximum atomic E-state index is 8.78. The highest BCUT2D eigenvalue weighted by Gasteiger charge is 2.06. The molecule has 0 heterocycles. The molecule has 0 N–H and O–H groups in total. The molecule has 0 aromatic heterocycles. The third-order valence-corrected chi connectivity index (χ3v) is 2.13. The third-order valence-electron chi connectivity index (χ3n) is 1.64. The van der Waals surface area contributed by atoms with Gasteiger partial charge >= 0.3 is 0 Å². The first-order chi connectivity index (χ1) is 5.65. The second-order valence-electron chi connectivity index (χ2n) is 2.80. The van der Waals surface area contributed by atoms with Crippen molar-refractivity contribution in [3.8, 4) is 6.07 Å². The van der Waals surface area contributed by atoms with Crippen molar-refractivity contribution in [3.63, 3.8) is 0 Å². The van der Waals surface area contributed by atoms with E-state index >= 15 is 0 Å². The number of rotatable bonds is 1. The Morgan fingerprint density at radius 1 is 1.42 bits per heavy atom. The Bertz CT molecular complexity index is 323. The average Bonchev–Trinajstić information content (AvgIpc) is 2.04. The van der Waals surface area contributed by atoms with E-state index in [0.29, 0.717) is 0 Å². The molecule has 0 aliphatic heterocycles. The van der Waals surface area contributed by atoms with Gasteiger partial charge in [-0.3, -0.25) is 0 Å². The van der Waals surface area contributed by atoms with Crippen LogP contribution in [0, 0.1) is 17.2 Å². The van der Waals surface area contributed by atoms with Crippen LogP contribution >= 0.6 is 15.9 Å². The predicted octanol–water partition coefficient (Wildman–Crippen LogP) is 3.28. The summed E-state index contributed by atoms with van der Waals surface area (Å²) in [6, 6.07) is 7.83. The molecular formula is C10H9BrN. The van der Waals surface area contributed by atoms with Crippen molar-refractivity contribution in [1.82, 2.24) is 0 Å². The van der Waals surface area contributed by atoms with Gasteiger partial charge in [0.05, 0.1) is 11.6 Å². The number of hydrogen-bond acceptors (Lipinski definition) is 1. The Morgan fingerprint density at radius 2 is 2.08 bits per heavy atom. The van der Waals surface area contributed by atoms with Crippen LogP contribution in [0.3, 0.4) is 0 Å². The van der Waals surface area contributed by atoms with Crippen LogP contribution in [0.25, 0.3) is 0 Å². The van der Waals surface area contributed by atoms with Crippen LogP contribution in [0.1, 0.15) is 25.0 Å². The van der Waals surface area contributed by atoms with E-state index in [4.69, 9.17) is 5.26 Å². The van der Waals surface area contributed by atoms with Gasteiger partial charge in [0.2, 0.25) is 0 Å². The van der Waals surface area contributed by atoms with Crippen molar-refractivity contribution in [3.05, 3.63) is 39.7 Å². The standard InChI is InChI=1S/C10H9BrN/c1-7(2)10-5-9(11)4-3-8(10)6-12/h3-5H,1-2H3. The topological polar surface area (TPSA) is 23.8 Å². The van der Waals surface area contributed by atoms with E-state index < -0.39 is 0 Å². The summed E-state index contributed by atoms with van der Waals surface area (Å²) in [5.74, 6) is 1.16. The molecule has 1 rings (SSSR count). The van der Waals surface area contributed by atoms with Gasteiger partial charge < -0.3 is 0 Å². The lowest BCUT2D eigenvalue weighted by molar-refractivity contribution is 1.14. The van der Waals surface area contributed by atoms with E-state index in [-0.39, 0.29) is 0 Å². The molecule has 1 aromatic carbocycles. The minimum absolute atomic E-state index is 0.734. The molecule has 0 amide bonds. The van der Waals surface area contributed by atoms with Gasteiger partial charge in [-0.25, -0.2) is 0 Å². The fourth-order valence-electron chi connectivity index (χ4n) is 1.03. The summed E-state index contributed by atoms with van der Waals surface area (Å²) < 4.78 is 1.01. The molecule has 2 heteroatoms. The van der Waals surface area contributed by atoms with Crippen LogP contribution in [0.5, 0.6) is 0 Å². The van der Waals surface area contributed by atoms with E-state index in [1.54, 1.807) is 0 Å². The smallest absolute Gasteiger partial charge is 0.0994 e. The lowest BCUT2D eigenvalue weighted by Gasteiger charge is -2.06. The van der Waals surface area contributed by atoms with Gasteiger partial charge in [0, 0.05) is 10.4 Å². The highest BCUT2D eigenvalue weighted by atomic mass is 79.9. The van der Waals surface area contributed by atoms with Gasteiger partial charge in [-0.2, -0.15) is 5.26 Å². The summed E-state index contributed by atoms with van der Waals surface area (Å²) in [5, 5.41) is 8.78. The quantitative estimate of drug-likeness (QED) is 0.716. The highest BCUT2D eigenvalue weighted by molar-refractivity contribution is 9.10. The van der Waals surface area contributed by atoms with Crippen LogP contribution < -0.4 is 0 Å². The van der Waals surface area contributed by atoms with Gasteiger partial charge in [0.15, 0.2) is 0 Å². The van der Waals surface area contributed by atoms with Crippen LogP contribution in [-0.4, -0.2) is 0 Å². The van der Waals surface area contributed by atoms with Crippen molar-refractivity contribution < 1.29 is 0 Å². The summed E-state index contributed by atoms with van der Waals surface area (Å²) in [4.78, 5) is 0. The molecule has 0 saturated carbocycles. The minimum Gasteiger partial charge on any atom is -0.192 e. The Labute approximate surface area is 81.2 Å². The van der Waals surface area contributed by atoms with Crippen LogP contribution in [0.15, 0.2) is 22.7 Å². The average molecular weight is 223 g/mol. The molecule has 1 aromatic rings. The monoisotopic (exact) mass is 222 g/mol. The zero-order chi connectivity index (χ0) is 9.14. The fourth-order valence-corrected chi connectivity index (χ4v) is 1.39. The first-order valence-electron chi connectivity index (χ1n) is 3.65. The predicted molar refractivity (Wildman–Crippen MR) is 52.6 cm³/mol. The minimum atomic E-state index is 0.734. The molecule has 61 valence electrons. The first kappa shape index (κ1) is 9.28. The normalized spacial score (nSPS) is 9.92. The van der Waals surface area contributed by atoms with E-state index in [1.807, 2.05) is 32.0 Å². The Morgan fingerprint density at radius 3 is 2.58 bits per heavy atom. The molecule has 0 spiro atoms. The van der Waals surface area contributed by atoms with E-state index in [1.165, 1.54) is 0 Å². The van der Waals surface area contributed by atoms with Gasteiger partial charge in [-0.05, 0) is 23.8 Å². The molecule has 0 atom stereocenters. The number of hydrogen-bond donors (Lipinski definition) is 0. The number of halogens is 1. The second kappa shape index (κ2) is 3.73. The van der Waals surface area contributed by atoms with Crippen molar-refractivity contribution >= 4 is 15.9 Å². The van der Waals surface area contributed by atoms with Gasteiger partial charge in [-0.1, -0.05) is 29.8 Å². The molecule has 1 radical (unpaired) electrons. The molecular weight excluding hydrogens is 214 g/mol. The molecule has 0 fully saturated rings. The summed E-state index contributed by atoms with van der Waals surface area (Å²) in [5.41, 5.74) is 1.75. The van der Waals surface area contributed by atoms with Crippen molar-refractivity contribution in [2.75, 3.05) is 0 Å². The van der Waals surface area contributed by atoms with Crippen LogP contribution in [0.2, 0.25) is 0 Å². The van der Waals surface area contributed by atoms with Crippen LogP contribution in [-0.2, 0) is 0 Å². The fraction of sp³-hybridized carbons (Fsp3) is 0.200. The zero-order valence-corrected chi connectivity index (χ0v) is 8.64. The summed E-state index contributed by atoms with van der Waals surface area (Å²) in [7, 11) is 0. The number of nitriles is 1. The molecule has 12 heavy (non-hydrogen) atoms. The molecule has 0 bridgehead atoms. The largest absolute Gasteiger partial charge is 0.192 e. The highest BCUT2D eigenvalue weighted by Crippen LogP contribution is 2.22. The van der Waals surface area contributed by atoms with Gasteiger partial charge in [0.1, 0.15) is 0 Å². The lowest BCUT2D eigenvalue weighted by atomic mass is 9.98. The Kier molecular flexibility index (Phi) is 2.88. The van der Waals surface area contributed by atoms with Crippen molar-refractivity contribution in [1.29, 1.82) is 5.26 Å². The van der Waals surface area contributed by atoms with E-state index in [2.05, 4.69) is 22.0 Å². The summed E-state index contributed by atoms with van der Waals surface area (Å²) in [6.07, 6.45) is 0. The maximum absolute atomic E-state index is 8.78. The number of nitrogens with zero attached hydrogens (tertiary/aromatic N) is 1. The molecule has 0 unspecified atom stereocenters.